The number of aliphatic carboxylic acids is 1. The van der Waals surface area contributed by atoms with Crippen molar-refractivity contribution >= 4 is 11.9 Å². The quantitative estimate of drug-likeness (QED) is 0.694. The van der Waals surface area contributed by atoms with Crippen molar-refractivity contribution in [1.29, 1.82) is 0 Å². The molecular formula is C18H33NO3. The zero-order valence-corrected chi connectivity index (χ0v) is 14.7. The average molecular weight is 311 g/mol. The smallest absolute Gasteiger partial charge is 0.316 e. The molecule has 1 unspecified atom stereocenters. The second-order valence-electron chi connectivity index (χ2n) is 7.66. The average Bonchev–Trinajstić information content (AvgIpc) is 2.43. The minimum absolute atomic E-state index is 0.180. The third kappa shape index (κ3) is 6.37. The monoisotopic (exact) mass is 311 g/mol. The Labute approximate surface area is 135 Å². The summed E-state index contributed by atoms with van der Waals surface area (Å²) in [5.74, 6) is -0.883. The molecule has 22 heavy (non-hydrogen) atoms. The summed E-state index contributed by atoms with van der Waals surface area (Å²) in [6.45, 7) is 9.56. The number of nitrogens with zero attached hydrogens (tertiary/aromatic N) is 1. The highest BCUT2D eigenvalue weighted by Crippen LogP contribution is 2.30. The summed E-state index contributed by atoms with van der Waals surface area (Å²) < 4.78 is 0. The van der Waals surface area contributed by atoms with Gasteiger partial charge in [0.05, 0.1) is 0 Å². The maximum atomic E-state index is 12.8. The minimum atomic E-state index is -0.951. The van der Waals surface area contributed by atoms with Crippen LogP contribution in [0.2, 0.25) is 0 Å². The third-order valence-corrected chi connectivity index (χ3v) is 4.37. The van der Waals surface area contributed by atoms with Gasteiger partial charge in [-0.1, -0.05) is 59.8 Å². The van der Waals surface area contributed by atoms with E-state index in [-0.39, 0.29) is 5.91 Å². The van der Waals surface area contributed by atoms with Crippen LogP contribution in [0, 0.1) is 23.7 Å². The maximum Gasteiger partial charge on any atom is 0.316 e. The van der Waals surface area contributed by atoms with Gasteiger partial charge in [0.25, 0.3) is 0 Å². The van der Waals surface area contributed by atoms with Crippen LogP contribution >= 0.6 is 0 Å². The standard InChI is InChI=1S/C18H33NO3/c1-13(2)11-19(12-14(3)4)17(20)16(18(21)22)10-15-8-6-5-7-9-15/h13-16H,5-12H2,1-4H3,(H,21,22). The van der Waals surface area contributed by atoms with E-state index in [1.54, 1.807) is 4.90 Å². The molecule has 0 spiro atoms. The zero-order valence-electron chi connectivity index (χ0n) is 14.7. The lowest BCUT2D eigenvalue weighted by Crippen LogP contribution is -2.43. The van der Waals surface area contributed by atoms with Gasteiger partial charge in [-0.3, -0.25) is 9.59 Å². The fourth-order valence-electron chi connectivity index (χ4n) is 3.42. The first kappa shape index (κ1) is 19.0. The van der Waals surface area contributed by atoms with Crippen LogP contribution in [0.5, 0.6) is 0 Å². The van der Waals surface area contributed by atoms with Gasteiger partial charge in [0.15, 0.2) is 0 Å². The van der Waals surface area contributed by atoms with Crippen molar-refractivity contribution in [2.45, 2.75) is 66.2 Å². The molecule has 1 fully saturated rings. The number of hydrogen-bond acceptors (Lipinski definition) is 2. The molecule has 0 aromatic rings. The summed E-state index contributed by atoms with van der Waals surface area (Å²) in [4.78, 5) is 26.2. The molecule has 0 aromatic heterocycles. The molecule has 0 radical (unpaired) electrons. The van der Waals surface area contributed by atoms with E-state index in [1.807, 2.05) is 0 Å². The van der Waals surface area contributed by atoms with Crippen LogP contribution in [-0.4, -0.2) is 35.0 Å². The van der Waals surface area contributed by atoms with Gasteiger partial charge >= 0.3 is 5.97 Å². The van der Waals surface area contributed by atoms with Crippen LogP contribution in [0.4, 0.5) is 0 Å². The minimum Gasteiger partial charge on any atom is -0.481 e. The topological polar surface area (TPSA) is 57.6 Å². The van der Waals surface area contributed by atoms with Gasteiger partial charge in [0.2, 0.25) is 5.91 Å². The highest BCUT2D eigenvalue weighted by Gasteiger charge is 2.33. The number of rotatable bonds is 8. The summed E-state index contributed by atoms with van der Waals surface area (Å²) in [6.07, 6.45) is 6.26. The predicted molar refractivity (Wildman–Crippen MR) is 88.6 cm³/mol. The van der Waals surface area contributed by atoms with Crippen LogP contribution in [0.15, 0.2) is 0 Å². The number of carbonyl (C=O) groups excluding carboxylic acids is 1. The van der Waals surface area contributed by atoms with E-state index in [9.17, 15) is 14.7 Å². The molecule has 4 heteroatoms. The molecule has 1 rings (SSSR count). The van der Waals surface area contributed by atoms with Crippen LogP contribution in [-0.2, 0) is 9.59 Å². The lowest BCUT2D eigenvalue weighted by Gasteiger charge is -2.31. The number of hydrogen-bond donors (Lipinski definition) is 1. The van der Waals surface area contributed by atoms with Gasteiger partial charge in [0.1, 0.15) is 5.92 Å². The van der Waals surface area contributed by atoms with Crippen molar-refractivity contribution in [1.82, 2.24) is 4.90 Å². The van der Waals surface area contributed by atoms with E-state index in [1.165, 1.54) is 19.3 Å². The van der Waals surface area contributed by atoms with E-state index < -0.39 is 11.9 Å². The molecule has 0 aromatic carbocycles. The molecule has 1 saturated carbocycles. The van der Waals surface area contributed by atoms with Crippen LogP contribution in [0.3, 0.4) is 0 Å². The summed E-state index contributed by atoms with van der Waals surface area (Å²) in [7, 11) is 0. The molecule has 1 amide bonds. The Morgan fingerprint density at radius 3 is 1.91 bits per heavy atom. The second kappa shape index (κ2) is 9.16. The Morgan fingerprint density at radius 1 is 1.00 bits per heavy atom. The van der Waals surface area contributed by atoms with Crippen LogP contribution in [0.1, 0.15) is 66.2 Å². The Hall–Kier alpha value is -1.06. The van der Waals surface area contributed by atoms with Crippen molar-refractivity contribution in [3.63, 3.8) is 0 Å². The number of carbonyl (C=O) groups is 2. The third-order valence-electron chi connectivity index (χ3n) is 4.37. The van der Waals surface area contributed by atoms with Gasteiger partial charge < -0.3 is 10.0 Å². The number of carboxylic acid groups (broad SMARTS) is 1. The van der Waals surface area contributed by atoms with Crippen molar-refractivity contribution < 1.29 is 14.7 Å². The Kier molecular flexibility index (Phi) is 7.91. The highest BCUT2D eigenvalue weighted by atomic mass is 16.4. The Bertz CT molecular complexity index is 349. The molecule has 1 aliphatic carbocycles. The molecule has 0 aliphatic heterocycles. The predicted octanol–water partition coefficient (Wildman–Crippen LogP) is 3.80. The fraction of sp³-hybridized carbons (Fsp3) is 0.889. The second-order valence-corrected chi connectivity index (χ2v) is 7.66. The van der Waals surface area contributed by atoms with E-state index in [0.717, 1.165) is 12.8 Å². The molecule has 0 heterocycles. The van der Waals surface area contributed by atoms with Gasteiger partial charge in [-0.2, -0.15) is 0 Å². The van der Waals surface area contributed by atoms with Gasteiger partial charge in [-0.25, -0.2) is 0 Å². The normalized spacial score (nSPS) is 17.7. The largest absolute Gasteiger partial charge is 0.481 e. The number of amides is 1. The van der Waals surface area contributed by atoms with Crippen molar-refractivity contribution in [3.8, 4) is 0 Å². The first-order valence-corrected chi connectivity index (χ1v) is 8.82. The van der Waals surface area contributed by atoms with Crippen molar-refractivity contribution in [2.75, 3.05) is 13.1 Å². The molecule has 0 saturated heterocycles. The van der Waals surface area contributed by atoms with E-state index in [2.05, 4.69) is 27.7 Å². The lowest BCUT2D eigenvalue weighted by atomic mass is 9.82. The summed E-state index contributed by atoms with van der Waals surface area (Å²) in [5.41, 5.74) is 0. The first-order chi connectivity index (χ1) is 10.3. The van der Waals surface area contributed by atoms with Crippen LogP contribution in [0.25, 0.3) is 0 Å². The summed E-state index contributed by atoms with van der Waals surface area (Å²) in [5, 5.41) is 9.54. The molecule has 128 valence electrons. The summed E-state index contributed by atoms with van der Waals surface area (Å²) in [6, 6.07) is 0. The molecule has 1 N–H and O–H groups in total. The molecule has 0 bridgehead atoms. The van der Waals surface area contributed by atoms with Crippen molar-refractivity contribution in [2.24, 2.45) is 23.7 Å². The fourth-order valence-corrected chi connectivity index (χ4v) is 3.42. The first-order valence-electron chi connectivity index (χ1n) is 8.82. The van der Waals surface area contributed by atoms with Gasteiger partial charge in [0, 0.05) is 13.1 Å². The lowest BCUT2D eigenvalue weighted by molar-refractivity contribution is -0.152. The maximum absolute atomic E-state index is 12.8. The SMILES string of the molecule is CC(C)CN(CC(C)C)C(=O)C(CC1CCCCC1)C(=O)O. The van der Waals surface area contributed by atoms with Gasteiger partial charge in [-0.15, -0.1) is 0 Å². The molecule has 1 atom stereocenters. The van der Waals surface area contributed by atoms with E-state index in [4.69, 9.17) is 0 Å². The molecule has 1 aliphatic rings. The van der Waals surface area contributed by atoms with E-state index in [0.29, 0.717) is 37.3 Å². The Morgan fingerprint density at radius 2 is 1.50 bits per heavy atom. The Balaban J connectivity index is 2.76. The molecule has 4 nitrogen and oxygen atoms in total. The van der Waals surface area contributed by atoms with Crippen molar-refractivity contribution in [3.05, 3.63) is 0 Å². The zero-order chi connectivity index (χ0) is 16.7. The van der Waals surface area contributed by atoms with Gasteiger partial charge in [-0.05, 0) is 24.2 Å². The number of carboxylic acids is 1. The van der Waals surface area contributed by atoms with Crippen LogP contribution < -0.4 is 0 Å². The van der Waals surface area contributed by atoms with E-state index >= 15 is 0 Å². The summed E-state index contributed by atoms with van der Waals surface area (Å²) >= 11 is 0. The highest BCUT2D eigenvalue weighted by molar-refractivity contribution is 5.97. The molecular weight excluding hydrogens is 278 g/mol.